The summed E-state index contributed by atoms with van der Waals surface area (Å²) in [4.78, 5) is 9.17. The van der Waals surface area contributed by atoms with Crippen molar-refractivity contribution in [1.29, 1.82) is 0 Å². The van der Waals surface area contributed by atoms with Gasteiger partial charge in [0.1, 0.15) is 0 Å². The monoisotopic (exact) mass is 267 g/mol. The maximum Gasteiger partial charge on any atom is 0.191 e. The van der Waals surface area contributed by atoms with Crippen LogP contribution in [-0.2, 0) is 0 Å². The highest BCUT2D eigenvalue weighted by Crippen LogP contribution is 2.18. The number of hydrogen-bond acceptors (Lipinski definition) is 3. The Morgan fingerprint density at radius 3 is 2.42 bits per heavy atom. The van der Waals surface area contributed by atoms with E-state index in [1.54, 1.807) is 0 Å². The summed E-state index contributed by atoms with van der Waals surface area (Å²) in [6.07, 6.45) is 5.17. The molecule has 2 rings (SSSR count). The Kier molecular flexibility index (Phi) is 5.45. The van der Waals surface area contributed by atoms with Gasteiger partial charge in [-0.3, -0.25) is 4.99 Å². The normalized spacial score (nSPS) is 22.8. The summed E-state index contributed by atoms with van der Waals surface area (Å²) < 4.78 is 0. The first-order chi connectivity index (χ1) is 9.19. The molecule has 0 radical (unpaired) electrons. The van der Waals surface area contributed by atoms with E-state index >= 15 is 0 Å². The van der Waals surface area contributed by atoms with Crippen molar-refractivity contribution in [2.24, 2.45) is 4.99 Å². The molecule has 1 heterocycles. The van der Waals surface area contributed by atoms with Crippen LogP contribution < -0.4 is 10.6 Å². The lowest BCUT2D eigenvalue weighted by atomic mass is 10.0. The molecule has 19 heavy (non-hydrogen) atoms. The van der Waals surface area contributed by atoms with Gasteiger partial charge in [0.25, 0.3) is 0 Å². The Bertz CT molecular complexity index is 290. The predicted octanol–water partition coefficient (Wildman–Crippen LogP) is 0.340. The van der Waals surface area contributed by atoms with E-state index in [0.717, 1.165) is 25.1 Å². The van der Waals surface area contributed by atoms with E-state index in [4.69, 9.17) is 0 Å². The summed E-state index contributed by atoms with van der Waals surface area (Å²) in [5.74, 6) is 0.964. The van der Waals surface area contributed by atoms with Crippen LogP contribution in [0.2, 0.25) is 0 Å². The SMILES string of the molecule is CN=C(NCCN1CCC(N(C)C)CC1)NC1CC1. The molecule has 110 valence electrons. The molecule has 5 heteroatoms. The summed E-state index contributed by atoms with van der Waals surface area (Å²) in [5.41, 5.74) is 0. The van der Waals surface area contributed by atoms with Crippen molar-refractivity contribution < 1.29 is 0 Å². The van der Waals surface area contributed by atoms with Crippen LogP contribution in [0.5, 0.6) is 0 Å². The summed E-state index contributed by atoms with van der Waals surface area (Å²) in [6.45, 7) is 4.54. The number of piperidine rings is 1. The van der Waals surface area contributed by atoms with E-state index in [1.807, 2.05) is 7.05 Å². The minimum atomic E-state index is 0.669. The van der Waals surface area contributed by atoms with Gasteiger partial charge in [0.2, 0.25) is 0 Å². The number of aliphatic imine (C=N–C) groups is 1. The van der Waals surface area contributed by atoms with E-state index < -0.39 is 0 Å². The molecular weight excluding hydrogens is 238 g/mol. The first-order valence-electron chi connectivity index (χ1n) is 7.55. The molecule has 1 aliphatic heterocycles. The highest BCUT2D eigenvalue weighted by Gasteiger charge is 2.22. The Hall–Kier alpha value is -0.810. The number of nitrogens with one attached hydrogen (secondary N) is 2. The second kappa shape index (κ2) is 7.10. The lowest BCUT2D eigenvalue weighted by molar-refractivity contribution is 0.146. The molecule has 0 unspecified atom stereocenters. The van der Waals surface area contributed by atoms with Crippen molar-refractivity contribution in [1.82, 2.24) is 20.4 Å². The van der Waals surface area contributed by atoms with Crippen LogP contribution in [-0.4, -0.2) is 75.2 Å². The predicted molar refractivity (Wildman–Crippen MR) is 80.7 cm³/mol. The lowest BCUT2D eigenvalue weighted by Crippen LogP contribution is -2.46. The largest absolute Gasteiger partial charge is 0.355 e. The number of rotatable bonds is 5. The zero-order valence-corrected chi connectivity index (χ0v) is 12.7. The van der Waals surface area contributed by atoms with Crippen LogP contribution in [0.4, 0.5) is 0 Å². The number of nitrogens with zero attached hydrogens (tertiary/aromatic N) is 3. The maximum atomic E-state index is 4.26. The van der Waals surface area contributed by atoms with Crippen molar-refractivity contribution in [2.45, 2.75) is 37.8 Å². The third kappa shape index (κ3) is 4.99. The molecule has 0 bridgehead atoms. The van der Waals surface area contributed by atoms with Gasteiger partial charge in [-0.25, -0.2) is 0 Å². The Morgan fingerprint density at radius 2 is 1.89 bits per heavy atom. The summed E-state index contributed by atoms with van der Waals surface area (Å²) in [5, 5.41) is 6.82. The highest BCUT2D eigenvalue weighted by molar-refractivity contribution is 5.80. The molecule has 0 spiro atoms. The first kappa shape index (κ1) is 14.6. The Morgan fingerprint density at radius 1 is 1.21 bits per heavy atom. The average molecular weight is 267 g/mol. The molecule has 5 nitrogen and oxygen atoms in total. The van der Waals surface area contributed by atoms with Crippen molar-refractivity contribution in [3.8, 4) is 0 Å². The van der Waals surface area contributed by atoms with Gasteiger partial charge in [0, 0.05) is 32.2 Å². The van der Waals surface area contributed by atoms with Gasteiger partial charge in [-0.1, -0.05) is 0 Å². The molecular formula is C14H29N5. The third-order valence-electron chi connectivity index (χ3n) is 4.15. The van der Waals surface area contributed by atoms with E-state index in [0.29, 0.717) is 6.04 Å². The first-order valence-corrected chi connectivity index (χ1v) is 7.55. The van der Waals surface area contributed by atoms with E-state index in [-0.39, 0.29) is 0 Å². The van der Waals surface area contributed by atoms with Crippen molar-refractivity contribution in [3.05, 3.63) is 0 Å². The van der Waals surface area contributed by atoms with Crippen LogP contribution >= 0.6 is 0 Å². The van der Waals surface area contributed by atoms with E-state index in [9.17, 15) is 0 Å². The topological polar surface area (TPSA) is 42.9 Å². The molecule has 2 fully saturated rings. The zero-order valence-electron chi connectivity index (χ0n) is 12.7. The highest BCUT2D eigenvalue weighted by atomic mass is 15.2. The molecule has 0 aromatic rings. The van der Waals surface area contributed by atoms with Crippen LogP contribution in [0.3, 0.4) is 0 Å². The second-order valence-electron chi connectivity index (χ2n) is 5.95. The Balaban J connectivity index is 1.58. The van der Waals surface area contributed by atoms with Crippen LogP contribution in [0.25, 0.3) is 0 Å². The van der Waals surface area contributed by atoms with Gasteiger partial charge in [-0.05, 0) is 52.9 Å². The smallest absolute Gasteiger partial charge is 0.191 e. The summed E-state index contributed by atoms with van der Waals surface area (Å²) in [7, 11) is 6.23. The van der Waals surface area contributed by atoms with Crippen LogP contribution in [0.15, 0.2) is 4.99 Å². The molecule has 2 aliphatic rings. The number of guanidine groups is 1. The van der Waals surface area contributed by atoms with Crippen LogP contribution in [0.1, 0.15) is 25.7 Å². The van der Waals surface area contributed by atoms with Gasteiger partial charge < -0.3 is 20.4 Å². The fourth-order valence-electron chi connectivity index (χ4n) is 2.61. The summed E-state index contributed by atoms with van der Waals surface area (Å²) in [6, 6.07) is 1.44. The van der Waals surface area contributed by atoms with Gasteiger partial charge in [0.15, 0.2) is 5.96 Å². The zero-order chi connectivity index (χ0) is 13.7. The molecule has 0 amide bonds. The molecule has 0 aromatic heterocycles. The van der Waals surface area contributed by atoms with Gasteiger partial charge in [-0.2, -0.15) is 0 Å². The van der Waals surface area contributed by atoms with Gasteiger partial charge >= 0.3 is 0 Å². The van der Waals surface area contributed by atoms with Gasteiger partial charge in [0.05, 0.1) is 0 Å². The molecule has 0 atom stereocenters. The molecule has 1 saturated carbocycles. The van der Waals surface area contributed by atoms with Crippen LogP contribution in [0, 0.1) is 0 Å². The standard InChI is InChI=1S/C14H29N5/c1-15-14(17-12-4-5-12)16-8-11-19-9-6-13(7-10-19)18(2)3/h12-13H,4-11H2,1-3H3,(H2,15,16,17). The third-order valence-corrected chi connectivity index (χ3v) is 4.15. The quantitative estimate of drug-likeness (QED) is 0.557. The average Bonchev–Trinajstić information content (AvgIpc) is 3.22. The van der Waals surface area contributed by atoms with Crippen molar-refractivity contribution in [3.63, 3.8) is 0 Å². The molecule has 2 N–H and O–H groups in total. The second-order valence-corrected chi connectivity index (χ2v) is 5.95. The minimum absolute atomic E-state index is 0.669. The maximum absolute atomic E-state index is 4.26. The van der Waals surface area contributed by atoms with Crippen molar-refractivity contribution in [2.75, 3.05) is 47.3 Å². The van der Waals surface area contributed by atoms with E-state index in [1.165, 1.54) is 38.8 Å². The minimum Gasteiger partial charge on any atom is -0.355 e. The molecule has 1 saturated heterocycles. The van der Waals surface area contributed by atoms with Gasteiger partial charge in [-0.15, -0.1) is 0 Å². The number of hydrogen-bond donors (Lipinski definition) is 2. The molecule has 1 aliphatic carbocycles. The molecule has 0 aromatic carbocycles. The number of likely N-dealkylation sites (tertiary alicyclic amines) is 1. The van der Waals surface area contributed by atoms with E-state index in [2.05, 4.69) is 39.5 Å². The fraction of sp³-hybridized carbons (Fsp3) is 0.929. The fourth-order valence-corrected chi connectivity index (χ4v) is 2.61. The summed E-state index contributed by atoms with van der Waals surface area (Å²) >= 11 is 0. The lowest BCUT2D eigenvalue weighted by Gasteiger charge is -2.35. The Labute approximate surface area is 117 Å². The van der Waals surface area contributed by atoms with Crippen molar-refractivity contribution >= 4 is 5.96 Å².